The van der Waals surface area contributed by atoms with E-state index in [0.717, 1.165) is 12.2 Å². The van der Waals surface area contributed by atoms with Crippen molar-refractivity contribution < 1.29 is 17.9 Å². The van der Waals surface area contributed by atoms with E-state index in [1.54, 1.807) is 50.2 Å². The van der Waals surface area contributed by atoms with Crippen LogP contribution in [0.15, 0.2) is 66.6 Å². The minimum absolute atomic E-state index is 0.132. The highest BCUT2D eigenvalue weighted by atomic mass is 19.3. The lowest BCUT2D eigenvalue weighted by Crippen LogP contribution is -2.16. The molecule has 4 aromatic rings. The molecular weight excluding hydrogens is 479 g/mol. The van der Waals surface area contributed by atoms with E-state index < -0.39 is 18.2 Å². The fourth-order valence-electron chi connectivity index (χ4n) is 4.35. The fourth-order valence-corrected chi connectivity index (χ4v) is 4.35. The van der Waals surface area contributed by atoms with E-state index in [-0.39, 0.29) is 5.57 Å². The lowest BCUT2D eigenvalue weighted by atomic mass is 9.94. The van der Waals surface area contributed by atoms with Crippen molar-refractivity contribution in [3.05, 3.63) is 88.9 Å². The fraction of sp³-hybridized carbons (Fsp3) is 0.179. The number of nitriles is 1. The van der Waals surface area contributed by atoms with Gasteiger partial charge in [0.05, 0.1) is 23.6 Å². The first kappa shape index (κ1) is 24.1. The predicted molar refractivity (Wildman–Crippen MR) is 136 cm³/mol. The Labute approximate surface area is 211 Å². The minimum atomic E-state index is -3.23. The van der Waals surface area contributed by atoms with Gasteiger partial charge in [-0.2, -0.15) is 10.2 Å². The van der Waals surface area contributed by atoms with Crippen LogP contribution in [0.3, 0.4) is 0 Å². The summed E-state index contributed by atoms with van der Waals surface area (Å²) in [5, 5.41) is 12.2. The summed E-state index contributed by atoms with van der Waals surface area (Å²) in [6.07, 6.45) is 2.86. The van der Waals surface area contributed by atoms with E-state index in [1.165, 1.54) is 0 Å². The van der Waals surface area contributed by atoms with Crippen molar-refractivity contribution >= 4 is 28.2 Å². The number of hydrogen-bond donors (Lipinski definition) is 1. The Bertz CT molecular complexity index is 1610. The average Bonchev–Trinajstić information content (AvgIpc) is 3.21. The van der Waals surface area contributed by atoms with Crippen molar-refractivity contribution in [1.82, 2.24) is 14.5 Å². The van der Waals surface area contributed by atoms with Crippen molar-refractivity contribution in [3.63, 3.8) is 0 Å². The number of ether oxygens (including phenoxy) is 1. The van der Waals surface area contributed by atoms with E-state index in [2.05, 4.69) is 21.4 Å². The molecule has 6 nitrogen and oxygen atoms in total. The van der Waals surface area contributed by atoms with Crippen LogP contribution in [0.25, 0.3) is 16.6 Å². The second-order valence-corrected chi connectivity index (χ2v) is 9.00. The summed E-state index contributed by atoms with van der Waals surface area (Å²) >= 11 is 0. The third-order valence-corrected chi connectivity index (χ3v) is 6.03. The zero-order valence-corrected chi connectivity index (χ0v) is 20.3. The van der Waals surface area contributed by atoms with Crippen LogP contribution in [0, 0.1) is 25.2 Å². The molecule has 2 aromatic carbocycles. The summed E-state index contributed by atoms with van der Waals surface area (Å²) in [7, 11) is 1.85. The van der Waals surface area contributed by atoms with Gasteiger partial charge in [0.15, 0.2) is 0 Å². The zero-order chi connectivity index (χ0) is 26.3. The number of nitrogens with zero attached hydrogens (tertiary/aromatic N) is 4. The first-order valence-corrected chi connectivity index (χ1v) is 11.5. The molecule has 9 heteroatoms. The van der Waals surface area contributed by atoms with Crippen LogP contribution in [0.5, 0.6) is 11.6 Å². The lowest BCUT2D eigenvalue weighted by Gasteiger charge is -2.19. The van der Waals surface area contributed by atoms with Gasteiger partial charge in [-0.25, -0.2) is 18.2 Å². The van der Waals surface area contributed by atoms with Crippen molar-refractivity contribution in [2.24, 2.45) is 7.05 Å². The number of nitrogens with one attached hydrogen (secondary N) is 1. The van der Waals surface area contributed by atoms with Crippen LogP contribution in [0.2, 0.25) is 0 Å². The van der Waals surface area contributed by atoms with Crippen LogP contribution in [0.1, 0.15) is 28.7 Å². The number of rotatable bonds is 5. The van der Waals surface area contributed by atoms with Gasteiger partial charge < -0.3 is 14.6 Å². The molecule has 2 heterocycles. The van der Waals surface area contributed by atoms with Gasteiger partial charge in [0, 0.05) is 18.9 Å². The maximum atomic E-state index is 13.9. The molecule has 1 aliphatic carbocycles. The molecule has 1 N–H and O–H groups in total. The number of aryl methyl sites for hydroxylation is 3. The van der Waals surface area contributed by atoms with Crippen LogP contribution < -0.4 is 10.1 Å². The number of alkyl halides is 2. The summed E-state index contributed by atoms with van der Waals surface area (Å²) < 4.78 is 49.8. The standard InChI is InChI=1S/C28H22F3N5O/c1-16-10-19(20-12-21(29)14-28(30,31)13-20)11-17(2)25(16)37-26-24-23(8-9-36(24)3)34-27(35-26)33-22-6-4-18(15-32)5-7-22/h4-13H,14H2,1-3H3,(H,33,34,35). The van der Waals surface area contributed by atoms with E-state index >= 15 is 0 Å². The SMILES string of the molecule is Cc1cc(C2=CC(F)(F)CC(F)=C2)cc(C)c1Oc1nc(Nc2ccc(C#N)cc2)nc2ccn(C)c12. The van der Waals surface area contributed by atoms with Gasteiger partial charge in [0.1, 0.15) is 17.1 Å². The van der Waals surface area contributed by atoms with E-state index in [4.69, 9.17) is 10.00 Å². The van der Waals surface area contributed by atoms with Gasteiger partial charge >= 0.3 is 0 Å². The maximum Gasteiger partial charge on any atom is 0.273 e. The highest BCUT2D eigenvalue weighted by Gasteiger charge is 2.32. The van der Waals surface area contributed by atoms with E-state index in [9.17, 15) is 13.2 Å². The molecule has 1 aliphatic rings. The van der Waals surface area contributed by atoms with Crippen LogP contribution in [-0.2, 0) is 7.05 Å². The molecule has 0 amide bonds. The smallest absolute Gasteiger partial charge is 0.273 e. The topological polar surface area (TPSA) is 75.8 Å². The number of fused-ring (bicyclic) bond motifs is 1. The van der Waals surface area contributed by atoms with Crippen molar-refractivity contribution in [2.75, 3.05) is 5.32 Å². The Kier molecular flexibility index (Phi) is 5.96. The summed E-state index contributed by atoms with van der Waals surface area (Å²) in [5.74, 6) is -2.96. The molecule has 0 unspecified atom stereocenters. The molecule has 0 saturated carbocycles. The van der Waals surface area contributed by atoms with Crippen molar-refractivity contribution in [2.45, 2.75) is 26.2 Å². The Morgan fingerprint density at radius 2 is 1.78 bits per heavy atom. The van der Waals surface area contributed by atoms with Gasteiger partial charge in [-0.15, -0.1) is 0 Å². The number of hydrogen-bond acceptors (Lipinski definition) is 5. The third-order valence-electron chi connectivity index (χ3n) is 6.03. The number of benzene rings is 2. The summed E-state index contributed by atoms with van der Waals surface area (Å²) in [5.41, 5.74) is 4.55. The molecule has 0 saturated heterocycles. The Morgan fingerprint density at radius 1 is 1.08 bits per heavy atom. The Balaban J connectivity index is 1.52. The molecule has 0 spiro atoms. The molecular formula is C28H22F3N5O. The Morgan fingerprint density at radius 3 is 2.43 bits per heavy atom. The number of anilines is 2. The van der Waals surface area contributed by atoms with Crippen molar-refractivity contribution in [3.8, 4) is 17.7 Å². The third kappa shape index (κ3) is 4.91. The normalized spacial score (nSPS) is 14.6. The summed E-state index contributed by atoms with van der Waals surface area (Å²) in [6, 6.07) is 14.2. The van der Waals surface area contributed by atoms with Crippen LogP contribution >= 0.6 is 0 Å². The zero-order valence-electron chi connectivity index (χ0n) is 20.3. The molecule has 2 aromatic heterocycles. The van der Waals surface area contributed by atoms with Crippen molar-refractivity contribution in [1.29, 1.82) is 5.26 Å². The molecule has 37 heavy (non-hydrogen) atoms. The second-order valence-electron chi connectivity index (χ2n) is 9.00. The van der Waals surface area contributed by atoms with Gasteiger partial charge in [-0.05, 0) is 90.7 Å². The van der Waals surface area contributed by atoms with Crippen LogP contribution in [0.4, 0.5) is 24.8 Å². The number of aromatic nitrogens is 3. The van der Waals surface area contributed by atoms with Gasteiger partial charge in [-0.1, -0.05) is 0 Å². The second kappa shape index (κ2) is 9.13. The largest absolute Gasteiger partial charge is 0.436 e. The highest BCUT2D eigenvalue weighted by molar-refractivity contribution is 5.83. The molecule has 186 valence electrons. The van der Waals surface area contributed by atoms with Gasteiger partial charge in [0.2, 0.25) is 11.8 Å². The van der Waals surface area contributed by atoms with E-state index in [1.807, 2.05) is 23.9 Å². The lowest BCUT2D eigenvalue weighted by molar-refractivity contribution is 0.0492. The average molecular weight is 502 g/mol. The van der Waals surface area contributed by atoms with Gasteiger partial charge in [0.25, 0.3) is 5.92 Å². The molecule has 5 rings (SSSR count). The quantitative estimate of drug-likeness (QED) is 0.311. The number of allylic oxidation sites excluding steroid dienone is 4. The molecule has 0 aliphatic heterocycles. The van der Waals surface area contributed by atoms with Crippen LogP contribution in [-0.4, -0.2) is 20.5 Å². The summed E-state index contributed by atoms with van der Waals surface area (Å²) in [4.78, 5) is 9.16. The highest BCUT2D eigenvalue weighted by Crippen LogP contribution is 2.39. The monoisotopic (exact) mass is 501 g/mol. The molecule has 0 fully saturated rings. The van der Waals surface area contributed by atoms with Gasteiger partial charge in [-0.3, -0.25) is 0 Å². The minimum Gasteiger partial charge on any atom is -0.436 e. The predicted octanol–water partition coefficient (Wildman–Crippen LogP) is 7.27. The number of halogens is 3. The first-order valence-electron chi connectivity index (χ1n) is 11.5. The Hall–Kier alpha value is -4.58. The first-order chi connectivity index (χ1) is 17.6. The van der Waals surface area contributed by atoms with E-state index in [0.29, 0.717) is 56.6 Å². The molecule has 0 atom stereocenters. The molecule has 0 bridgehead atoms. The molecule has 0 radical (unpaired) electrons. The maximum absolute atomic E-state index is 13.9. The summed E-state index contributed by atoms with van der Waals surface area (Å²) in [6.45, 7) is 3.60.